The van der Waals surface area contributed by atoms with Crippen LogP contribution in [0.2, 0.25) is 5.02 Å². The summed E-state index contributed by atoms with van der Waals surface area (Å²) in [7, 11) is -6.06. The van der Waals surface area contributed by atoms with E-state index in [0.717, 1.165) is 0 Å². The lowest BCUT2D eigenvalue weighted by molar-refractivity contribution is -0.167. The lowest BCUT2D eigenvalue weighted by Crippen LogP contribution is -2.31. The van der Waals surface area contributed by atoms with Gasteiger partial charge < -0.3 is 13.7 Å². The van der Waals surface area contributed by atoms with Gasteiger partial charge in [-0.25, -0.2) is 4.79 Å². The SMILES string of the molecule is CCOC(=O)C(OC(C)(C)C)c1c(C)cc2ccc(Cl)cc2c1OS(=O)(=O)C(F)(F)F. The van der Waals surface area contributed by atoms with Gasteiger partial charge in [0.1, 0.15) is 0 Å². The first-order valence-corrected chi connectivity index (χ1v) is 10.9. The lowest BCUT2D eigenvalue weighted by atomic mass is 9.96. The molecule has 11 heteroatoms. The van der Waals surface area contributed by atoms with Gasteiger partial charge in [0, 0.05) is 16.0 Å². The van der Waals surface area contributed by atoms with E-state index >= 15 is 0 Å². The smallest absolute Gasteiger partial charge is 0.464 e. The van der Waals surface area contributed by atoms with Crippen LogP contribution >= 0.6 is 11.6 Å². The molecule has 0 radical (unpaired) electrons. The largest absolute Gasteiger partial charge is 0.534 e. The number of alkyl halides is 3. The van der Waals surface area contributed by atoms with Crippen LogP contribution in [0, 0.1) is 6.92 Å². The average Bonchev–Trinajstić information content (AvgIpc) is 2.59. The number of aryl methyl sites for hydroxylation is 1. The molecule has 0 amide bonds. The first kappa shape index (κ1) is 25.2. The molecule has 6 nitrogen and oxygen atoms in total. The Morgan fingerprint density at radius 1 is 1.16 bits per heavy atom. The number of hydrogen-bond acceptors (Lipinski definition) is 6. The van der Waals surface area contributed by atoms with Gasteiger partial charge in [0.15, 0.2) is 11.9 Å². The van der Waals surface area contributed by atoms with Crippen LogP contribution < -0.4 is 4.18 Å². The quantitative estimate of drug-likeness (QED) is 0.309. The van der Waals surface area contributed by atoms with Gasteiger partial charge in [-0.1, -0.05) is 23.7 Å². The number of ether oxygens (including phenoxy) is 2. The maximum absolute atomic E-state index is 13.1. The Labute approximate surface area is 183 Å². The van der Waals surface area contributed by atoms with Crippen LogP contribution in [0.25, 0.3) is 10.8 Å². The van der Waals surface area contributed by atoms with Crippen molar-refractivity contribution in [2.45, 2.75) is 51.8 Å². The Hall–Kier alpha value is -2.04. The number of carbonyl (C=O) groups is 1. The van der Waals surface area contributed by atoms with E-state index < -0.39 is 39.1 Å². The van der Waals surface area contributed by atoms with Crippen molar-refractivity contribution < 1.29 is 40.0 Å². The first-order chi connectivity index (χ1) is 14.1. The molecule has 2 rings (SSSR count). The molecule has 0 spiro atoms. The van der Waals surface area contributed by atoms with E-state index in [2.05, 4.69) is 4.18 Å². The van der Waals surface area contributed by atoms with Crippen molar-refractivity contribution in [3.8, 4) is 5.75 Å². The highest BCUT2D eigenvalue weighted by molar-refractivity contribution is 7.88. The van der Waals surface area contributed by atoms with Crippen molar-refractivity contribution in [2.24, 2.45) is 0 Å². The molecule has 31 heavy (non-hydrogen) atoms. The highest BCUT2D eigenvalue weighted by Crippen LogP contribution is 2.42. The Morgan fingerprint density at radius 3 is 2.29 bits per heavy atom. The Bertz CT molecular complexity index is 1090. The van der Waals surface area contributed by atoms with Crippen molar-refractivity contribution in [2.75, 3.05) is 6.61 Å². The highest BCUT2D eigenvalue weighted by Gasteiger charge is 2.49. The van der Waals surface area contributed by atoms with Crippen molar-refractivity contribution in [1.29, 1.82) is 0 Å². The molecule has 172 valence electrons. The van der Waals surface area contributed by atoms with Crippen molar-refractivity contribution in [3.05, 3.63) is 40.4 Å². The minimum absolute atomic E-state index is 0.0294. The fourth-order valence-corrected chi connectivity index (χ4v) is 3.52. The summed E-state index contributed by atoms with van der Waals surface area (Å²) < 4.78 is 78.5. The Balaban J connectivity index is 2.90. The van der Waals surface area contributed by atoms with Gasteiger partial charge in [-0.05, 0) is 57.7 Å². The van der Waals surface area contributed by atoms with E-state index in [-0.39, 0.29) is 28.1 Å². The molecular formula is C20H22ClF3O6S. The number of esters is 1. The predicted octanol–water partition coefficient (Wildman–Crippen LogP) is 5.45. The van der Waals surface area contributed by atoms with Gasteiger partial charge in [-0.3, -0.25) is 0 Å². The highest BCUT2D eigenvalue weighted by atomic mass is 35.5. The number of fused-ring (bicyclic) bond motifs is 1. The van der Waals surface area contributed by atoms with Gasteiger partial charge in [-0.15, -0.1) is 0 Å². The molecule has 0 fully saturated rings. The van der Waals surface area contributed by atoms with Crippen LogP contribution in [0.5, 0.6) is 5.75 Å². The number of rotatable bonds is 6. The van der Waals surface area contributed by atoms with Crippen LogP contribution in [0.1, 0.15) is 44.9 Å². The van der Waals surface area contributed by atoms with E-state index in [1.807, 2.05) is 0 Å². The second-order valence-corrected chi connectivity index (χ2v) is 9.62. The molecule has 0 saturated carbocycles. The second-order valence-electron chi connectivity index (χ2n) is 7.65. The monoisotopic (exact) mass is 482 g/mol. The predicted molar refractivity (Wildman–Crippen MR) is 110 cm³/mol. The summed E-state index contributed by atoms with van der Waals surface area (Å²) in [6.07, 6.45) is -1.55. The second kappa shape index (κ2) is 8.84. The Morgan fingerprint density at radius 2 is 1.77 bits per heavy atom. The summed E-state index contributed by atoms with van der Waals surface area (Å²) >= 11 is 5.99. The average molecular weight is 483 g/mol. The third kappa shape index (κ3) is 5.81. The fourth-order valence-electron chi connectivity index (χ4n) is 2.86. The van der Waals surface area contributed by atoms with Gasteiger partial charge in [-0.2, -0.15) is 21.6 Å². The van der Waals surface area contributed by atoms with Crippen LogP contribution in [-0.2, 0) is 24.4 Å². The van der Waals surface area contributed by atoms with Crippen LogP contribution in [-0.4, -0.2) is 32.1 Å². The van der Waals surface area contributed by atoms with Crippen molar-refractivity contribution in [3.63, 3.8) is 0 Å². The number of hydrogen-bond donors (Lipinski definition) is 0. The molecule has 2 aromatic rings. The minimum Gasteiger partial charge on any atom is -0.464 e. The first-order valence-electron chi connectivity index (χ1n) is 9.15. The van der Waals surface area contributed by atoms with Gasteiger partial charge >= 0.3 is 21.6 Å². The maximum atomic E-state index is 13.1. The van der Waals surface area contributed by atoms with Gasteiger partial charge in [0.05, 0.1) is 12.2 Å². The molecule has 0 saturated heterocycles. The van der Waals surface area contributed by atoms with Crippen molar-refractivity contribution >= 4 is 38.5 Å². The third-order valence-electron chi connectivity index (χ3n) is 4.01. The normalized spacial score (nSPS) is 13.8. The van der Waals surface area contributed by atoms with Crippen molar-refractivity contribution in [1.82, 2.24) is 0 Å². The molecule has 0 bridgehead atoms. The number of carbonyl (C=O) groups excluding carboxylic acids is 1. The minimum atomic E-state index is -6.06. The van der Waals surface area contributed by atoms with Gasteiger partial charge in [0.25, 0.3) is 0 Å². The number of halogens is 4. The Kier molecular flexibility index (Phi) is 7.19. The molecule has 0 aliphatic rings. The lowest BCUT2D eigenvalue weighted by Gasteiger charge is -2.29. The molecule has 0 N–H and O–H groups in total. The molecule has 0 aromatic heterocycles. The molecular weight excluding hydrogens is 461 g/mol. The van der Waals surface area contributed by atoms with E-state index in [9.17, 15) is 26.4 Å². The summed E-state index contributed by atoms with van der Waals surface area (Å²) in [6, 6.07) is 5.79. The molecule has 1 atom stereocenters. The third-order valence-corrected chi connectivity index (χ3v) is 5.20. The zero-order valence-electron chi connectivity index (χ0n) is 17.5. The topological polar surface area (TPSA) is 78.9 Å². The van der Waals surface area contributed by atoms with E-state index in [1.165, 1.54) is 25.1 Å². The van der Waals surface area contributed by atoms with E-state index in [0.29, 0.717) is 5.39 Å². The summed E-state index contributed by atoms with van der Waals surface area (Å²) in [5.41, 5.74) is -6.56. The standard InChI is InChI=1S/C20H22ClF3O6S/c1-6-28-18(25)17(29-19(3,4)5)15-11(2)9-12-7-8-13(21)10-14(12)16(15)30-31(26,27)20(22,23)24/h7-10,17H,6H2,1-5H3. The van der Waals surface area contributed by atoms with Crippen LogP contribution in [0.4, 0.5) is 13.2 Å². The zero-order chi connectivity index (χ0) is 23.8. The summed E-state index contributed by atoms with van der Waals surface area (Å²) in [5.74, 6) is -1.60. The van der Waals surface area contributed by atoms with E-state index in [1.54, 1.807) is 33.8 Å². The maximum Gasteiger partial charge on any atom is 0.534 e. The molecule has 0 aliphatic carbocycles. The summed E-state index contributed by atoms with van der Waals surface area (Å²) in [5, 5.41) is 0.449. The molecule has 2 aromatic carbocycles. The molecule has 0 heterocycles. The van der Waals surface area contributed by atoms with Crippen LogP contribution in [0.3, 0.4) is 0 Å². The number of benzene rings is 2. The van der Waals surface area contributed by atoms with Crippen LogP contribution in [0.15, 0.2) is 24.3 Å². The zero-order valence-corrected chi connectivity index (χ0v) is 19.0. The molecule has 1 unspecified atom stereocenters. The molecule has 0 aliphatic heterocycles. The van der Waals surface area contributed by atoms with Gasteiger partial charge in [0.2, 0.25) is 0 Å². The van der Waals surface area contributed by atoms with E-state index in [4.69, 9.17) is 21.1 Å². The summed E-state index contributed by atoms with van der Waals surface area (Å²) in [4.78, 5) is 12.7. The fraction of sp³-hybridized carbons (Fsp3) is 0.450. The summed E-state index contributed by atoms with van der Waals surface area (Å²) in [6.45, 7) is 7.88.